The van der Waals surface area contributed by atoms with Gasteiger partial charge in [0.05, 0.1) is 23.0 Å². The second-order valence-corrected chi connectivity index (χ2v) is 7.76. The fraction of sp³-hybridized carbons (Fsp3) is 0.318. The van der Waals surface area contributed by atoms with Crippen molar-refractivity contribution >= 4 is 23.6 Å². The molecule has 3 N–H and O–H groups in total. The van der Waals surface area contributed by atoms with Gasteiger partial charge in [-0.3, -0.25) is 9.78 Å². The van der Waals surface area contributed by atoms with Crippen molar-refractivity contribution in [2.45, 2.75) is 37.5 Å². The molecular formula is C22H22F3N7O. The molecule has 4 rings (SSSR count). The Morgan fingerprint density at radius 1 is 1.24 bits per heavy atom. The third kappa shape index (κ3) is 4.71. The number of nitrogens with zero attached hydrogens (tertiary/aromatic N) is 4. The highest BCUT2D eigenvalue weighted by atomic mass is 19.4. The molecule has 2 aromatic heterocycles. The van der Waals surface area contributed by atoms with Crippen LogP contribution in [0.15, 0.2) is 48.6 Å². The molecule has 2 aliphatic heterocycles. The normalized spacial score (nSPS) is 20.3. The van der Waals surface area contributed by atoms with Crippen LogP contribution < -0.4 is 10.6 Å². The number of pyridine rings is 1. The Hall–Kier alpha value is -3.76. The standard InChI is InChI=1S/C22H22F3N7O/c1-27-12-15(10-26)30-21-28-7-6-18(31-21)13-8-16-3-4-17(9-13)32(16)20(33)19-5-2-14(11-29-19)22(23,24)25/h2,5-8,10-12,16-17,26-27H,3-4,9H2,1H3,(H,28,30,31)/b15-12+,26-10?. The Bertz CT molecular complexity index is 1110. The predicted octanol–water partition coefficient (Wildman–Crippen LogP) is 3.47. The average Bonchev–Trinajstić information content (AvgIpc) is 3.07. The van der Waals surface area contributed by atoms with Crippen LogP contribution in [0, 0.1) is 5.41 Å². The first-order valence-electron chi connectivity index (χ1n) is 10.3. The first-order valence-corrected chi connectivity index (χ1v) is 10.3. The van der Waals surface area contributed by atoms with E-state index in [1.54, 1.807) is 30.4 Å². The van der Waals surface area contributed by atoms with Crippen molar-refractivity contribution < 1.29 is 18.0 Å². The number of hydrogen-bond donors (Lipinski definition) is 3. The minimum atomic E-state index is -4.50. The molecule has 0 aromatic carbocycles. The molecule has 1 amide bonds. The van der Waals surface area contributed by atoms with Gasteiger partial charge < -0.3 is 20.9 Å². The van der Waals surface area contributed by atoms with Crippen LogP contribution in [0.5, 0.6) is 0 Å². The number of alkyl halides is 3. The molecular weight excluding hydrogens is 435 g/mol. The largest absolute Gasteiger partial charge is 0.417 e. The molecule has 33 heavy (non-hydrogen) atoms. The van der Waals surface area contributed by atoms with Crippen LogP contribution >= 0.6 is 0 Å². The number of anilines is 1. The summed E-state index contributed by atoms with van der Waals surface area (Å²) >= 11 is 0. The molecule has 4 heterocycles. The monoisotopic (exact) mass is 457 g/mol. The highest BCUT2D eigenvalue weighted by molar-refractivity contribution is 5.94. The molecule has 0 aliphatic carbocycles. The summed E-state index contributed by atoms with van der Waals surface area (Å²) in [4.78, 5) is 27.2. The lowest BCUT2D eigenvalue weighted by Crippen LogP contribution is -2.43. The molecule has 8 nitrogen and oxygen atoms in total. The third-order valence-electron chi connectivity index (χ3n) is 5.64. The van der Waals surface area contributed by atoms with Gasteiger partial charge in [0.2, 0.25) is 5.95 Å². The summed E-state index contributed by atoms with van der Waals surface area (Å²) in [5.41, 5.74) is 1.31. The van der Waals surface area contributed by atoms with E-state index in [2.05, 4.69) is 25.6 Å². The average molecular weight is 457 g/mol. The van der Waals surface area contributed by atoms with Crippen LogP contribution in [-0.2, 0) is 6.18 Å². The lowest BCUT2D eigenvalue weighted by Gasteiger charge is -2.33. The van der Waals surface area contributed by atoms with Gasteiger partial charge in [-0.05, 0) is 43.0 Å². The van der Waals surface area contributed by atoms with Gasteiger partial charge in [0.25, 0.3) is 5.91 Å². The third-order valence-corrected chi connectivity index (χ3v) is 5.64. The maximum absolute atomic E-state index is 13.0. The Kier molecular flexibility index (Phi) is 6.12. The smallest absolute Gasteiger partial charge is 0.392 e. The molecule has 0 spiro atoms. The number of nitrogens with one attached hydrogen (secondary N) is 3. The van der Waals surface area contributed by atoms with Gasteiger partial charge in [-0.25, -0.2) is 9.97 Å². The number of aromatic nitrogens is 3. The first-order chi connectivity index (χ1) is 15.8. The Morgan fingerprint density at radius 3 is 2.70 bits per heavy atom. The van der Waals surface area contributed by atoms with Crippen LogP contribution in [-0.4, -0.2) is 51.1 Å². The summed E-state index contributed by atoms with van der Waals surface area (Å²) in [5.74, 6) is -0.0254. The van der Waals surface area contributed by atoms with E-state index >= 15 is 0 Å². The van der Waals surface area contributed by atoms with Gasteiger partial charge in [-0.1, -0.05) is 6.08 Å². The maximum Gasteiger partial charge on any atom is 0.417 e. The van der Waals surface area contributed by atoms with Crippen LogP contribution in [0.3, 0.4) is 0 Å². The molecule has 1 saturated heterocycles. The highest BCUT2D eigenvalue weighted by Gasteiger charge is 2.41. The number of carbonyl (C=O) groups is 1. The zero-order valence-electron chi connectivity index (χ0n) is 17.7. The van der Waals surface area contributed by atoms with Gasteiger partial charge in [-0.2, -0.15) is 13.2 Å². The zero-order valence-corrected chi connectivity index (χ0v) is 17.7. The van der Waals surface area contributed by atoms with Crippen molar-refractivity contribution in [3.05, 3.63) is 65.5 Å². The molecule has 2 aliphatic rings. The molecule has 0 saturated carbocycles. The highest BCUT2D eigenvalue weighted by Crippen LogP contribution is 2.39. The molecule has 172 valence electrons. The van der Waals surface area contributed by atoms with Gasteiger partial charge in [0, 0.05) is 37.9 Å². The van der Waals surface area contributed by atoms with E-state index < -0.39 is 11.7 Å². The van der Waals surface area contributed by atoms with E-state index in [0.717, 1.165) is 42.5 Å². The first kappa shape index (κ1) is 22.4. The Balaban J connectivity index is 1.53. The minimum absolute atomic E-state index is 0.000710. The summed E-state index contributed by atoms with van der Waals surface area (Å²) in [6.07, 6.45) is 4.69. The Morgan fingerprint density at radius 2 is 2.06 bits per heavy atom. The molecule has 2 aromatic rings. The number of allylic oxidation sites excluding steroid dienone is 1. The van der Waals surface area contributed by atoms with E-state index in [-0.39, 0.29) is 23.7 Å². The van der Waals surface area contributed by atoms with Crippen molar-refractivity contribution in [1.29, 1.82) is 5.41 Å². The molecule has 0 radical (unpaired) electrons. The van der Waals surface area contributed by atoms with E-state index in [1.807, 2.05) is 6.08 Å². The van der Waals surface area contributed by atoms with Gasteiger partial charge in [-0.15, -0.1) is 0 Å². The maximum atomic E-state index is 13.0. The number of carbonyl (C=O) groups excluding carboxylic acids is 1. The van der Waals surface area contributed by atoms with Crippen molar-refractivity contribution in [1.82, 2.24) is 25.2 Å². The molecule has 2 unspecified atom stereocenters. The van der Waals surface area contributed by atoms with Crippen molar-refractivity contribution in [3.63, 3.8) is 0 Å². The topological polar surface area (TPSA) is 107 Å². The lowest BCUT2D eigenvalue weighted by atomic mass is 9.98. The van der Waals surface area contributed by atoms with E-state index in [9.17, 15) is 18.0 Å². The number of hydrogen-bond acceptors (Lipinski definition) is 7. The molecule has 11 heteroatoms. The summed E-state index contributed by atoms with van der Waals surface area (Å²) in [7, 11) is 1.72. The number of fused-ring (bicyclic) bond motifs is 2. The molecule has 2 atom stereocenters. The van der Waals surface area contributed by atoms with Crippen LogP contribution in [0.25, 0.3) is 5.57 Å². The van der Waals surface area contributed by atoms with Crippen LogP contribution in [0.2, 0.25) is 0 Å². The van der Waals surface area contributed by atoms with Crippen molar-refractivity contribution in [2.75, 3.05) is 12.4 Å². The minimum Gasteiger partial charge on any atom is -0.392 e. The fourth-order valence-corrected chi connectivity index (χ4v) is 4.15. The van der Waals surface area contributed by atoms with Crippen LogP contribution in [0.4, 0.5) is 19.1 Å². The fourth-order valence-electron chi connectivity index (χ4n) is 4.15. The Labute approximate surface area is 188 Å². The summed E-state index contributed by atoms with van der Waals surface area (Å²) in [6, 6.07) is 3.54. The van der Waals surface area contributed by atoms with E-state index in [0.29, 0.717) is 24.3 Å². The second-order valence-electron chi connectivity index (χ2n) is 7.76. The van der Waals surface area contributed by atoms with Gasteiger partial charge in [0.1, 0.15) is 5.69 Å². The quantitative estimate of drug-likeness (QED) is 0.574. The number of rotatable bonds is 6. The van der Waals surface area contributed by atoms with Gasteiger partial charge in [0.15, 0.2) is 0 Å². The number of amides is 1. The molecule has 1 fully saturated rings. The summed E-state index contributed by atoms with van der Waals surface area (Å²) in [5, 5.41) is 13.2. The SMILES string of the molecule is CN/C=C(\C=N)Nc1nccc(C2=CC3CCC(C2)N3C(=O)c2ccc(C(F)(F)F)cn2)n1. The van der Waals surface area contributed by atoms with Crippen molar-refractivity contribution in [3.8, 4) is 0 Å². The van der Waals surface area contributed by atoms with Crippen molar-refractivity contribution in [2.24, 2.45) is 0 Å². The molecule has 2 bridgehead atoms. The summed E-state index contributed by atoms with van der Waals surface area (Å²) < 4.78 is 38.4. The van der Waals surface area contributed by atoms with E-state index in [4.69, 9.17) is 5.41 Å². The zero-order chi connectivity index (χ0) is 23.6. The number of halogens is 3. The second kappa shape index (κ2) is 9.00. The lowest BCUT2D eigenvalue weighted by molar-refractivity contribution is -0.137. The van der Waals surface area contributed by atoms with Crippen LogP contribution in [0.1, 0.15) is 41.0 Å². The predicted molar refractivity (Wildman–Crippen MR) is 116 cm³/mol. The summed E-state index contributed by atoms with van der Waals surface area (Å²) in [6.45, 7) is 0. The van der Waals surface area contributed by atoms with E-state index in [1.165, 1.54) is 0 Å². The van der Waals surface area contributed by atoms with Gasteiger partial charge >= 0.3 is 6.18 Å².